The number of hydrogen-bond donors (Lipinski definition) is 3. The van der Waals surface area contributed by atoms with Crippen molar-refractivity contribution < 1.29 is 14.4 Å². The minimum Gasteiger partial charge on any atom is -0.317 e. The maximum absolute atomic E-state index is 13.1. The van der Waals surface area contributed by atoms with Gasteiger partial charge in [0, 0.05) is 11.5 Å². The summed E-state index contributed by atoms with van der Waals surface area (Å²) >= 11 is 0. The Bertz CT molecular complexity index is 417. The predicted molar refractivity (Wildman–Crippen MR) is 61.7 cm³/mol. The van der Waals surface area contributed by atoms with E-state index in [1.54, 1.807) is 0 Å². The summed E-state index contributed by atoms with van der Waals surface area (Å²) in [5, 5.41) is 12.1. The van der Waals surface area contributed by atoms with Gasteiger partial charge in [0.25, 0.3) is 0 Å². The van der Waals surface area contributed by atoms with Crippen LogP contribution < -0.4 is 10.8 Å². The Labute approximate surface area is 98.8 Å². The molecule has 5 heteroatoms. The van der Waals surface area contributed by atoms with Crippen molar-refractivity contribution in [2.75, 3.05) is 18.6 Å². The summed E-state index contributed by atoms with van der Waals surface area (Å²) in [6, 6.07) is 3.74. The van der Waals surface area contributed by atoms with E-state index < -0.39 is 5.82 Å². The normalized spacial score (nSPS) is 16.8. The lowest BCUT2D eigenvalue weighted by molar-refractivity contribution is 0.0895. The number of benzene rings is 1. The Kier molecular flexibility index (Phi) is 3.71. The smallest absolute Gasteiger partial charge is 0.168 e. The topological polar surface area (TPSA) is 61.4 Å². The Morgan fingerprint density at radius 2 is 2.12 bits per heavy atom. The quantitative estimate of drug-likeness (QED) is 0.555. The minimum atomic E-state index is -0.471. The van der Waals surface area contributed by atoms with Crippen LogP contribution in [0.2, 0.25) is 0 Å². The van der Waals surface area contributed by atoms with Crippen molar-refractivity contribution in [2.45, 2.75) is 12.8 Å². The van der Waals surface area contributed by atoms with Crippen LogP contribution in [0.5, 0.6) is 0 Å². The molecule has 1 aromatic rings. The molecule has 1 fully saturated rings. The van der Waals surface area contributed by atoms with E-state index in [2.05, 4.69) is 5.32 Å². The molecule has 0 amide bonds. The zero-order valence-corrected chi connectivity index (χ0v) is 9.37. The SMILES string of the molecule is O=C(c1cc(F)ccc1NO)C1CCNCC1. The van der Waals surface area contributed by atoms with Gasteiger partial charge in [0.15, 0.2) is 5.78 Å². The van der Waals surface area contributed by atoms with Crippen LogP contribution in [0.15, 0.2) is 18.2 Å². The molecule has 1 saturated heterocycles. The van der Waals surface area contributed by atoms with E-state index in [0.29, 0.717) is 0 Å². The zero-order chi connectivity index (χ0) is 12.3. The molecule has 0 bridgehead atoms. The van der Waals surface area contributed by atoms with Crippen molar-refractivity contribution in [1.82, 2.24) is 5.32 Å². The summed E-state index contributed by atoms with van der Waals surface area (Å²) in [5.74, 6) is -0.672. The third-order valence-corrected chi connectivity index (χ3v) is 3.08. The van der Waals surface area contributed by atoms with Gasteiger partial charge in [-0.3, -0.25) is 15.5 Å². The molecule has 4 nitrogen and oxygen atoms in total. The lowest BCUT2D eigenvalue weighted by atomic mass is 9.89. The number of carbonyl (C=O) groups is 1. The summed E-state index contributed by atoms with van der Waals surface area (Å²) in [6.45, 7) is 1.60. The average Bonchev–Trinajstić information content (AvgIpc) is 2.39. The average molecular weight is 238 g/mol. The van der Waals surface area contributed by atoms with Crippen molar-refractivity contribution in [3.63, 3.8) is 0 Å². The highest BCUT2D eigenvalue weighted by Crippen LogP contribution is 2.24. The van der Waals surface area contributed by atoms with Crippen LogP contribution >= 0.6 is 0 Å². The van der Waals surface area contributed by atoms with Crippen LogP contribution in [-0.2, 0) is 0 Å². The lowest BCUT2D eigenvalue weighted by Gasteiger charge is -2.22. The van der Waals surface area contributed by atoms with Gasteiger partial charge >= 0.3 is 0 Å². The summed E-state index contributed by atoms with van der Waals surface area (Å²) in [4.78, 5) is 12.2. The van der Waals surface area contributed by atoms with E-state index in [-0.39, 0.29) is 23.0 Å². The van der Waals surface area contributed by atoms with E-state index in [9.17, 15) is 9.18 Å². The first-order chi connectivity index (χ1) is 8.22. The van der Waals surface area contributed by atoms with Crippen LogP contribution in [0.4, 0.5) is 10.1 Å². The van der Waals surface area contributed by atoms with E-state index in [4.69, 9.17) is 5.21 Å². The highest BCUT2D eigenvalue weighted by molar-refractivity contribution is 6.02. The molecule has 1 heterocycles. The van der Waals surface area contributed by atoms with Crippen LogP contribution in [0.1, 0.15) is 23.2 Å². The first-order valence-corrected chi connectivity index (χ1v) is 5.67. The molecule has 2 rings (SSSR count). The van der Waals surface area contributed by atoms with E-state index in [1.807, 2.05) is 5.48 Å². The number of piperidine rings is 1. The Morgan fingerprint density at radius 1 is 1.41 bits per heavy atom. The molecule has 0 aliphatic carbocycles. The van der Waals surface area contributed by atoms with Gasteiger partial charge in [-0.2, -0.15) is 0 Å². The van der Waals surface area contributed by atoms with Gasteiger partial charge in [-0.25, -0.2) is 4.39 Å². The summed E-state index contributed by atoms with van der Waals surface area (Å²) in [6.07, 6.45) is 1.50. The van der Waals surface area contributed by atoms with Gasteiger partial charge in [-0.05, 0) is 44.1 Å². The third-order valence-electron chi connectivity index (χ3n) is 3.08. The molecule has 3 N–H and O–H groups in total. The molecule has 17 heavy (non-hydrogen) atoms. The number of Topliss-reactive ketones (excluding diaryl/α,β-unsaturated/α-hetero) is 1. The van der Waals surface area contributed by atoms with Gasteiger partial charge < -0.3 is 5.32 Å². The van der Waals surface area contributed by atoms with Crippen molar-refractivity contribution in [3.05, 3.63) is 29.6 Å². The Hall–Kier alpha value is -1.46. The largest absolute Gasteiger partial charge is 0.317 e. The fourth-order valence-corrected chi connectivity index (χ4v) is 2.12. The van der Waals surface area contributed by atoms with Gasteiger partial charge in [0.2, 0.25) is 0 Å². The molecule has 1 aliphatic heterocycles. The second-order valence-electron chi connectivity index (χ2n) is 4.19. The molecular formula is C12H15FN2O2. The molecule has 0 unspecified atom stereocenters. The third kappa shape index (κ3) is 2.62. The summed E-state index contributed by atoms with van der Waals surface area (Å²) < 4.78 is 13.1. The first kappa shape index (κ1) is 12.0. The first-order valence-electron chi connectivity index (χ1n) is 5.67. The number of ketones is 1. The molecular weight excluding hydrogens is 223 g/mol. The van der Waals surface area contributed by atoms with E-state index >= 15 is 0 Å². The standard InChI is InChI=1S/C12H15FN2O2/c13-9-1-2-11(15-17)10(7-9)12(16)8-3-5-14-6-4-8/h1-2,7-8,14-15,17H,3-6H2. The number of halogens is 1. The maximum Gasteiger partial charge on any atom is 0.168 e. The number of rotatable bonds is 3. The molecule has 0 atom stereocenters. The van der Waals surface area contributed by atoms with Gasteiger partial charge in [-0.1, -0.05) is 0 Å². The van der Waals surface area contributed by atoms with Gasteiger partial charge in [0.05, 0.1) is 5.69 Å². The van der Waals surface area contributed by atoms with Crippen molar-refractivity contribution in [2.24, 2.45) is 5.92 Å². The Balaban J connectivity index is 2.25. The highest BCUT2D eigenvalue weighted by Gasteiger charge is 2.24. The van der Waals surface area contributed by atoms with E-state index in [0.717, 1.165) is 25.9 Å². The summed E-state index contributed by atoms with van der Waals surface area (Å²) in [7, 11) is 0. The number of nitrogens with one attached hydrogen (secondary N) is 2. The fourth-order valence-electron chi connectivity index (χ4n) is 2.12. The minimum absolute atomic E-state index is 0.0925. The molecule has 1 aromatic carbocycles. The predicted octanol–water partition coefficient (Wildman–Crippen LogP) is 1.81. The monoisotopic (exact) mass is 238 g/mol. The van der Waals surface area contributed by atoms with Crippen LogP contribution in [-0.4, -0.2) is 24.1 Å². The van der Waals surface area contributed by atoms with Crippen LogP contribution in [0, 0.1) is 11.7 Å². The summed E-state index contributed by atoms with van der Waals surface area (Å²) in [5.41, 5.74) is 2.42. The van der Waals surface area contributed by atoms with Gasteiger partial charge in [-0.15, -0.1) is 0 Å². The number of hydrogen-bond acceptors (Lipinski definition) is 4. The molecule has 92 valence electrons. The van der Waals surface area contributed by atoms with Crippen molar-refractivity contribution in [1.29, 1.82) is 0 Å². The zero-order valence-electron chi connectivity index (χ0n) is 9.37. The maximum atomic E-state index is 13.1. The fraction of sp³-hybridized carbons (Fsp3) is 0.417. The van der Waals surface area contributed by atoms with Crippen LogP contribution in [0.3, 0.4) is 0 Å². The number of anilines is 1. The molecule has 0 saturated carbocycles. The second kappa shape index (κ2) is 5.25. The Morgan fingerprint density at radius 3 is 2.76 bits per heavy atom. The second-order valence-corrected chi connectivity index (χ2v) is 4.19. The van der Waals surface area contributed by atoms with Gasteiger partial charge in [0.1, 0.15) is 5.82 Å². The molecule has 0 radical (unpaired) electrons. The lowest BCUT2D eigenvalue weighted by Crippen LogP contribution is -2.32. The van der Waals surface area contributed by atoms with E-state index in [1.165, 1.54) is 18.2 Å². The van der Waals surface area contributed by atoms with Crippen molar-refractivity contribution in [3.8, 4) is 0 Å². The van der Waals surface area contributed by atoms with Crippen molar-refractivity contribution >= 4 is 11.5 Å². The molecule has 1 aliphatic rings. The highest BCUT2D eigenvalue weighted by atomic mass is 19.1. The van der Waals surface area contributed by atoms with Crippen LogP contribution in [0.25, 0.3) is 0 Å². The molecule has 0 aromatic heterocycles. The molecule has 0 spiro atoms. The number of carbonyl (C=O) groups excluding carboxylic acids is 1.